The zero-order valence-electron chi connectivity index (χ0n) is 8.12. The van der Waals surface area contributed by atoms with E-state index in [1.165, 1.54) is 6.33 Å². The first-order chi connectivity index (χ1) is 7.27. The molecular formula is C9H12BrN3O2. The third-order valence-corrected chi connectivity index (χ3v) is 3.03. The molecule has 0 saturated carbocycles. The summed E-state index contributed by atoms with van der Waals surface area (Å²) in [7, 11) is 0. The average Bonchev–Trinajstić information content (AvgIpc) is 2.26. The Morgan fingerprint density at radius 3 is 3.27 bits per heavy atom. The standard InChI is InChI=1S/C9H12BrN3O2/c10-7-8(11-5-12-9(7)14)13-6-2-1-3-15-4-6/h5-6H,1-4H2,(H2,11,12,13,14). The van der Waals surface area contributed by atoms with Gasteiger partial charge >= 0.3 is 0 Å². The molecule has 0 aliphatic carbocycles. The summed E-state index contributed by atoms with van der Waals surface area (Å²) >= 11 is 3.20. The topological polar surface area (TPSA) is 67.0 Å². The number of nitrogens with zero attached hydrogens (tertiary/aromatic N) is 1. The van der Waals surface area contributed by atoms with E-state index in [9.17, 15) is 4.79 Å². The predicted molar refractivity (Wildman–Crippen MR) is 60.0 cm³/mol. The van der Waals surface area contributed by atoms with Crippen LogP contribution >= 0.6 is 15.9 Å². The lowest BCUT2D eigenvalue weighted by Crippen LogP contribution is -2.31. The fourth-order valence-corrected chi connectivity index (χ4v) is 1.86. The Kier molecular flexibility index (Phi) is 3.37. The molecule has 1 aliphatic rings. The van der Waals surface area contributed by atoms with Crippen molar-refractivity contribution < 1.29 is 4.74 Å². The second-order valence-corrected chi connectivity index (χ2v) is 4.25. The molecule has 1 unspecified atom stereocenters. The van der Waals surface area contributed by atoms with Crippen LogP contribution in [-0.4, -0.2) is 29.2 Å². The molecule has 0 amide bonds. The fraction of sp³-hybridized carbons (Fsp3) is 0.556. The molecule has 1 aromatic heterocycles. The number of ether oxygens (including phenoxy) is 1. The summed E-state index contributed by atoms with van der Waals surface area (Å²) in [6.45, 7) is 1.49. The summed E-state index contributed by atoms with van der Waals surface area (Å²) in [4.78, 5) is 17.8. The van der Waals surface area contributed by atoms with Crippen LogP contribution in [0.2, 0.25) is 0 Å². The van der Waals surface area contributed by atoms with Crippen molar-refractivity contribution >= 4 is 21.7 Å². The minimum atomic E-state index is -0.177. The Balaban J connectivity index is 2.09. The minimum absolute atomic E-state index is 0.177. The molecule has 15 heavy (non-hydrogen) atoms. The second-order valence-electron chi connectivity index (χ2n) is 3.45. The number of nitrogens with one attached hydrogen (secondary N) is 2. The quantitative estimate of drug-likeness (QED) is 0.848. The van der Waals surface area contributed by atoms with E-state index < -0.39 is 0 Å². The summed E-state index contributed by atoms with van der Waals surface area (Å²) in [5, 5.41) is 3.19. The lowest BCUT2D eigenvalue weighted by Gasteiger charge is -2.23. The average molecular weight is 274 g/mol. The van der Waals surface area contributed by atoms with Crippen LogP contribution in [-0.2, 0) is 4.74 Å². The summed E-state index contributed by atoms with van der Waals surface area (Å²) in [5.74, 6) is 0.578. The number of rotatable bonds is 2. The molecule has 1 atom stereocenters. The van der Waals surface area contributed by atoms with Crippen LogP contribution in [0.5, 0.6) is 0 Å². The molecule has 1 aliphatic heterocycles. The Bertz CT molecular complexity index is 387. The third kappa shape index (κ3) is 2.57. The maximum atomic E-state index is 11.3. The lowest BCUT2D eigenvalue weighted by molar-refractivity contribution is 0.0875. The van der Waals surface area contributed by atoms with Crippen molar-refractivity contribution in [2.45, 2.75) is 18.9 Å². The van der Waals surface area contributed by atoms with Gasteiger partial charge in [0.15, 0.2) is 0 Å². The first kappa shape index (κ1) is 10.6. The molecule has 5 nitrogen and oxygen atoms in total. The Labute approximate surface area is 95.4 Å². The molecule has 2 N–H and O–H groups in total. The Morgan fingerprint density at radius 1 is 1.67 bits per heavy atom. The van der Waals surface area contributed by atoms with Gasteiger partial charge in [-0.25, -0.2) is 4.98 Å². The van der Waals surface area contributed by atoms with Gasteiger partial charge in [0.2, 0.25) is 0 Å². The van der Waals surface area contributed by atoms with Gasteiger partial charge in [-0.15, -0.1) is 0 Å². The van der Waals surface area contributed by atoms with Crippen molar-refractivity contribution in [3.05, 3.63) is 21.2 Å². The van der Waals surface area contributed by atoms with Crippen molar-refractivity contribution in [3.8, 4) is 0 Å². The summed E-state index contributed by atoms with van der Waals surface area (Å²) < 4.78 is 5.77. The molecule has 6 heteroatoms. The monoisotopic (exact) mass is 273 g/mol. The van der Waals surface area contributed by atoms with Crippen LogP contribution in [0, 0.1) is 0 Å². The molecule has 0 aromatic carbocycles. The number of H-pyrrole nitrogens is 1. The lowest BCUT2D eigenvalue weighted by atomic mass is 10.1. The minimum Gasteiger partial charge on any atom is -0.379 e. The number of hydrogen-bond acceptors (Lipinski definition) is 4. The first-order valence-corrected chi connectivity index (χ1v) is 5.64. The van der Waals surface area contributed by atoms with Crippen LogP contribution in [0.1, 0.15) is 12.8 Å². The van der Waals surface area contributed by atoms with E-state index in [-0.39, 0.29) is 11.6 Å². The van der Waals surface area contributed by atoms with E-state index in [2.05, 4.69) is 31.2 Å². The van der Waals surface area contributed by atoms with Gasteiger partial charge in [-0.2, -0.15) is 0 Å². The Hall–Kier alpha value is -0.880. The van der Waals surface area contributed by atoms with Crippen LogP contribution in [0.25, 0.3) is 0 Å². The third-order valence-electron chi connectivity index (χ3n) is 2.30. The highest BCUT2D eigenvalue weighted by Gasteiger charge is 2.15. The SMILES string of the molecule is O=c1[nH]cnc(NC2CCCOC2)c1Br. The van der Waals surface area contributed by atoms with Crippen LogP contribution in [0.3, 0.4) is 0 Å². The van der Waals surface area contributed by atoms with Crippen LogP contribution in [0.4, 0.5) is 5.82 Å². The summed E-state index contributed by atoms with van der Waals surface area (Å²) in [6, 6.07) is 0.240. The zero-order chi connectivity index (χ0) is 10.7. The smallest absolute Gasteiger partial charge is 0.267 e. The molecule has 2 heterocycles. The molecule has 1 aromatic rings. The van der Waals surface area contributed by atoms with Gasteiger partial charge in [-0.1, -0.05) is 0 Å². The highest BCUT2D eigenvalue weighted by Crippen LogP contribution is 2.17. The van der Waals surface area contributed by atoms with E-state index in [0.29, 0.717) is 16.9 Å². The summed E-state index contributed by atoms with van der Waals surface area (Å²) in [6.07, 6.45) is 3.47. The largest absolute Gasteiger partial charge is 0.379 e. The van der Waals surface area contributed by atoms with E-state index in [1.807, 2.05) is 0 Å². The van der Waals surface area contributed by atoms with Gasteiger partial charge in [-0.05, 0) is 28.8 Å². The first-order valence-electron chi connectivity index (χ1n) is 4.85. The number of halogens is 1. The molecular weight excluding hydrogens is 262 g/mol. The maximum Gasteiger partial charge on any atom is 0.267 e. The van der Waals surface area contributed by atoms with Gasteiger partial charge in [0, 0.05) is 6.61 Å². The van der Waals surface area contributed by atoms with E-state index in [0.717, 1.165) is 19.4 Å². The van der Waals surface area contributed by atoms with E-state index >= 15 is 0 Å². The number of aromatic amines is 1. The van der Waals surface area contributed by atoms with E-state index in [4.69, 9.17) is 4.74 Å². The molecule has 0 bridgehead atoms. The van der Waals surface area contributed by atoms with Gasteiger partial charge in [0.1, 0.15) is 10.3 Å². The van der Waals surface area contributed by atoms with Gasteiger partial charge < -0.3 is 15.0 Å². The normalized spacial score (nSPS) is 21.3. The number of aromatic nitrogens is 2. The summed E-state index contributed by atoms with van der Waals surface area (Å²) in [5.41, 5.74) is -0.177. The highest BCUT2D eigenvalue weighted by atomic mass is 79.9. The maximum absolute atomic E-state index is 11.3. The molecule has 1 saturated heterocycles. The zero-order valence-corrected chi connectivity index (χ0v) is 9.71. The van der Waals surface area contributed by atoms with Crippen LogP contribution < -0.4 is 10.9 Å². The number of anilines is 1. The van der Waals surface area contributed by atoms with Crippen molar-refractivity contribution in [2.75, 3.05) is 18.5 Å². The van der Waals surface area contributed by atoms with Crippen molar-refractivity contribution in [1.29, 1.82) is 0 Å². The van der Waals surface area contributed by atoms with E-state index in [1.54, 1.807) is 0 Å². The van der Waals surface area contributed by atoms with Crippen molar-refractivity contribution in [2.24, 2.45) is 0 Å². The highest BCUT2D eigenvalue weighted by molar-refractivity contribution is 9.10. The van der Waals surface area contributed by atoms with Crippen molar-refractivity contribution in [1.82, 2.24) is 9.97 Å². The molecule has 0 spiro atoms. The fourth-order valence-electron chi connectivity index (χ4n) is 1.53. The van der Waals surface area contributed by atoms with Gasteiger partial charge in [0.25, 0.3) is 5.56 Å². The molecule has 82 valence electrons. The molecule has 0 radical (unpaired) electrons. The molecule has 2 rings (SSSR count). The van der Waals surface area contributed by atoms with Gasteiger partial charge in [0.05, 0.1) is 19.0 Å². The second kappa shape index (κ2) is 4.76. The van der Waals surface area contributed by atoms with Gasteiger partial charge in [-0.3, -0.25) is 4.79 Å². The van der Waals surface area contributed by atoms with Crippen LogP contribution in [0.15, 0.2) is 15.6 Å². The Morgan fingerprint density at radius 2 is 2.53 bits per heavy atom. The van der Waals surface area contributed by atoms with Crippen molar-refractivity contribution in [3.63, 3.8) is 0 Å². The predicted octanol–water partition coefficient (Wildman–Crippen LogP) is 1.12. The number of hydrogen-bond donors (Lipinski definition) is 2. The molecule has 1 fully saturated rings.